The van der Waals surface area contributed by atoms with E-state index in [-0.39, 0.29) is 12.7 Å². The fraction of sp³-hybridized carbons (Fsp3) is 0.308. The molecule has 8 heteroatoms. The highest BCUT2D eigenvalue weighted by Gasteiger charge is 2.37. The van der Waals surface area contributed by atoms with Gasteiger partial charge in [0.1, 0.15) is 0 Å². The molecule has 0 aliphatic carbocycles. The van der Waals surface area contributed by atoms with Crippen molar-refractivity contribution < 1.29 is 35.9 Å². The smallest absolute Gasteiger partial charge is 0.417 e. The number of carbonyl (C=O) groups excluding carboxylic acids is 1. The molecule has 0 saturated heterocycles. The van der Waals surface area contributed by atoms with E-state index < -0.39 is 35.0 Å². The Hall–Kier alpha value is -1.99. The van der Waals surface area contributed by atoms with Gasteiger partial charge < -0.3 is 4.74 Å². The zero-order valence-corrected chi connectivity index (χ0v) is 10.7. The second-order valence-corrected chi connectivity index (χ2v) is 3.89. The van der Waals surface area contributed by atoms with Crippen LogP contribution in [0.1, 0.15) is 18.1 Å². The Balaban J connectivity index is 3.32. The van der Waals surface area contributed by atoms with Crippen LogP contribution in [0.25, 0.3) is 5.57 Å². The molecule has 0 saturated carbocycles. The summed E-state index contributed by atoms with van der Waals surface area (Å²) in [6, 6.07) is 2.65. The van der Waals surface area contributed by atoms with Crippen molar-refractivity contribution in [2.45, 2.75) is 19.3 Å². The number of halogens is 6. The van der Waals surface area contributed by atoms with Crippen LogP contribution in [0.3, 0.4) is 0 Å². The van der Waals surface area contributed by atoms with Gasteiger partial charge in [-0.15, -0.1) is 0 Å². The number of hydrogen-bond acceptors (Lipinski definition) is 2. The first-order chi connectivity index (χ1) is 9.55. The van der Waals surface area contributed by atoms with E-state index in [0.717, 1.165) is 12.1 Å². The van der Waals surface area contributed by atoms with Crippen LogP contribution in [0, 0.1) is 0 Å². The van der Waals surface area contributed by atoms with Crippen molar-refractivity contribution in [3.05, 3.63) is 41.5 Å². The van der Waals surface area contributed by atoms with Crippen molar-refractivity contribution in [2.24, 2.45) is 0 Å². The third-order valence-corrected chi connectivity index (χ3v) is 2.36. The number of hydrogen-bond donors (Lipinski definition) is 0. The summed E-state index contributed by atoms with van der Waals surface area (Å²) in [7, 11) is 0. The van der Waals surface area contributed by atoms with Gasteiger partial charge in [0.2, 0.25) is 0 Å². The molecule has 0 aromatic heterocycles. The number of ether oxygens (including phenoxy) is 1. The van der Waals surface area contributed by atoms with Crippen molar-refractivity contribution in [1.82, 2.24) is 0 Å². The van der Waals surface area contributed by atoms with Crippen LogP contribution in [0.15, 0.2) is 30.3 Å². The van der Waals surface area contributed by atoms with E-state index in [1.54, 1.807) is 0 Å². The molecule has 0 spiro atoms. The van der Waals surface area contributed by atoms with E-state index in [2.05, 4.69) is 4.74 Å². The van der Waals surface area contributed by atoms with Gasteiger partial charge in [-0.1, -0.05) is 12.1 Å². The Morgan fingerprint density at radius 3 is 2.29 bits per heavy atom. The van der Waals surface area contributed by atoms with Gasteiger partial charge in [0.05, 0.1) is 17.7 Å². The van der Waals surface area contributed by atoms with Gasteiger partial charge in [0, 0.05) is 6.08 Å². The maximum absolute atomic E-state index is 12.9. The molecule has 116 valence electrons. The van der Waals surface area contributed by atoms with Gasteiger partial charge in [0.25, 0.3) is 0 Å². The lowest BCUT2D eigenvalue weighted by atomic mass is 10.0. The molecule has 1 aromatic carbocycles. The van der Waals surface area contributed by atoms with E-state index in [1.165, 1.54) is 6.92 Å². The maximum Gasteiger partial charge on any atom is 0.417 e. The molecule has 0 fully saturated rings. The quantitative estimate of drug-likeness (QED) is 0.475. The van der Waals surface area contributed by atoms with Crippen LogP contribution in [-0.4, -0.2) is 18.8 Å². The zero-order chi connectivity index (χ0) is 16.3. The largest absolute Gasteiger partial charge is 0.463 e. The Kier molecular flexibility index (Phi) is 5.03. The van der Waals surface area contributed by atoms with Crippen LogP contribution in [0.5, 0.6) is 0 Å². The standard InChI is InChI=1S/C13H10F6O2/c1-2-21-11(20)7-10(13(17,18)19)8-4-3-5-9(6-8)12(14,15)16/h3-7H,2H2,1H3. The first kappa shape index (κ1) is 17.1. The summed E-state index contributed by atoms with van der Waals surface area (Å²) in [6.07, 6.45) is -9.63. The number of benzene rings is 1. The average Bonchev–Trinajstić information content (AvgIpc) is 2.34. The number of allylic oxidation sites excluding steroid dienone is 1. The third kappa shape index (κ3) is 4.80. The average molecular weight is 312 g/mol. The summed E-state index contributed by atoms with van der Waals surface area (Å²) < 4.78 is 80.5. The highest BCUT2D eigenvalue weighted by Crippen LogP contribution is 2.37. The second-order valence-electron chi connectivity index (χ2n) is 3.89. The molecule has 0 N–H and O–H groups in total. The minimum absolute atomic E-state index is 0.138. The van der Waals surface area contributed by atoms with Crippen LogP contribution < -0.4 is 0 Å². The van der Waals surface area contributed by atoms with Gasteiger partial charge in [-0.25, -0.2) is 4.79 Å². The SMILES string of the molecule is CCOC(=O)C=C(c1cccc(C(F)(F)F)c1)C(F)(F)F. The molecule has 0 atom stereocenters. The Morgan fingerprint density at radius 2 is 1.81 bits per heavy atom. The topological polar surface area (TPSA) is 26.3 Å². The fourth-order valence-electron chi connectivity index (χ4n) is 1.49. The highest BCUT2D eigenvalue weighted by molar-refractivity contribution is 5.92. The summed E-state index contributed by atoms with van der Waals surface area (Å²) in [6.45, 7) is 1.24. The number of rotatable bonds is 3. The van der Waals surface area contributed by atoms with E-state index in [0.29, 0.717) is 12.1 Å². The van der Waals surface area contributed by atoms with Crippen molar-refractivity contribution in [3.8, 4) is 0 Å². The van der Waals surface area contributed by atoms with E-state index >= 15 is 0 Å². The van der Waals surface area contributed by atoms with E-state index in [9.17, 15) is 31.1 Å². The highest BCUT2D eigenvalue weighted by atomic mass is 19.4. The van der Waals surface area contributed by atoms with Crippen LogP contribution in [0.2, 0.25) is 0 Å². The maximum atomic E-state index is 12.9. The molecule has 0 amide bonds. The van der Waals surface area contributed by atoms with Gasteiger partial charge in [-0.3, -0.25) is 0 Å². The van der Waals surface area contributed by atoms with Crippen molar-refractivity contribution in [2.75, 3.05) is 6.61 Å². The Bertz CT molecular complexity index is 542. The Labute approximate surface area is 116 Å². The van der Waals surface area contributed by atoms with Crippen molar-refractivity contribution in [3.63, 3.8) is 0 Å². The van der Waals surface area contributed by atoms with Crippen LogP contribution >= 0.6 is 0 Å². The minimum Gasteiger partial charge on any atom is -0.463 e. The fourth-order valence-corrected chi connectivity index (χ4v) is 1.49. The molecule has 21 heavy (non-hydrogen) atoms. The Morgan fingerprint density at radius 1 is 1.19 bits per heavy atom. The second kappa shape index (κ2) is 6.19. The number of carbonyl (C=O) groups is 1. The molecule has 1 rings (SSSR count). The molecule has 0 aliphatic rings. The van der Waals surface area contributed by atoms with Crippen molar-refractivity contribution in [1.29, 1.82) is 0 Å². The summed E-state index contributed by atoms with van der Waals surface area (Å²) >= 11 is 0. The normalized spacial score (nSPS) is 13.2. The van der Waals surface area contributed by atoms with Crippen LogP contribution in [0.4, 0.5) is 26.3 Å². The molecule has 0 aliphatic heterocycles. The van der Waals surface area contributed by atoms with Gasteiger partial charge in [-0.2, -0.15) is 26.3 Å². The molecule has 2 nitrogen and oxygen atoms in total. The molecular formula is C13H10F6O2. The van der Waals surface area contributed by atoms with Gasteiger partial charge in [-0.05, 0) is 24.6 Å². The van der Waals surface area contributed by atoms with E-state index in [1.807, 2.05) is 0 Å². The lowest BCUT2D eigenvalue weighted by molar-refractivity contribution is -0.138. The molecular weight excluding hydrogens is 302 g/mol. The van der Waals surface area contributed by atoms with Crippen molar-refractivity contribution >= 4 is 11.5 Å². The summed E-state index contributed by atoms with van der Waals surface area (Å²) in [5.41, 5.74) is -3.49. The number of alkyl halides is 6. The summed E-state index contributed by atoms with van der Waals surface area (Å²) in [5, 5.41) is 0. The molecule has 0 unspecified atom stereocenters. The number of esters is 1. The first-order valence-corrected chi connectivity index (χ1v) is 5.69. The van der Waals surface area contributed by atoms with E-state index in [4.69, 9.17) is 0 Å². The first-order valence-electron chi connectivity index (χ1n) is 5.69. The predicted molar refractivity (Wildman–Crippen MR) is 62.1 cm³/mol. The minimum atomic E-state index is -4.99. The predicted octanol–water partition coefficient (Wildman–Crippen LogP) is 4.21. The molecule has 0 bridgehead atoms. The summed E-state index contributed by atoms with van der Waals surface area (Å²) in [5.74, 6) is -1.28. The summed E-state index contributed by atoms with van der Waals surface area (Å²) in [4.78, 5) is 11.1. The zero-order valence-electron chi connectivity index (χ0n) is 10.7. The van der Waals surface area contributed by atoms with Gasteiger partial charge in [0.15, 0.2) is 0 Å². The molecule has 0 heterocycles. The third-order valence-electron chi connectivity index (χ3n) is 2.36. The molecule has 1 aromatic rings. The molecule has 0 radical (unpaired) electrons. The lowest BCUT2D eigenvalue weighted by Crippen LogP contribution is -2.14. The van der Waals surface area contributed by atoms with Crippen LogP contribution in [-0.2, 0) is 15.7 Å². The lowest BCUT2D eigenvalue weighted by Gasteiger charge is -2.14. The monoisotopic (exact) mass is 312 g/mol. The van der Waals surface area contributed by atoms with Gasteiger partial charge >= 0.3 is 18.3 Å².